The quantitative estimate of drug-likeness (QED) is 0.672. The zero-order valence-electron chi connectivity index (χ0n) is 15.8. The second-order valence-corrected chi connectivity index (χ2v) is 7.55. The maximum absolute atomic E-state index is 12.8. The van der Waals surface area contributed by atoms with Crippen LogP contribution >= 0.6 is 0 Å². The lowest BCUT2D eigenvalue weighted by Gasteiger charge is -2.32. The lowest BCUT2D eigenvalue weighted by molar-refractivity contribution is -0.163. The Bertz CT molecular complexity index is 590. The summed E-state index contributed by atoms with van der Waals surface area (Å²) in [6.07, 6.45) is 3.46. The minimum absolute atomic E-state index is 0.206. The number of carbonyl (C=O) groups excluding carboxylic acids is 2. The van der Waals surface area contributed by atoms with Gasteiger partial charge in [0.05, 0.1) is 12.2 Å². The summed E-state index contributed by atoms with van der Waals surface area (Å²) in [5.74, 6) is -0.274. The van der Waals surface area contributed by atoms with Gasteiger partial charge >= 0.3 is 11.9 Å². The molecule has 1 aromatic rings. The first-order valence-corrected chi connectivity index (χ1v) is 9.34. The summed E-state index contributed by atoms with van der Waals surface area (Å²) in [6, 6.07) is 7.32. The van der Waals surface area contributed by atoms with E-state index in [0.717, 1.165) is 24.8 Å². The Kier molecular flexibility index (Phi) is 6.63. The van der Waals surface area contributed by atoms with Crippen molar-refractivity contribution in [2.45, 2.75) is 65.9 Å². The number of rotatable bonds is 7. The molecule has 0 heterocycles. The molecule has 2 unspecified atom stereocenters. The van der Waals surface area contributed by atoms with Crippen LogP contribution in [0.25, 0.3) is 0 Å². The third-order valence-corrected chi connectivity index (χ3v) is 4.89. The van der Waals surface area contributed by atoms with E-state index in [0.29, 0.717) is 25.0 Å². The number of aryl methyl sites for hydroxylation is 1. The van der Waals surface area contributed by atoms with E-state index in [9.17, 15) is 9.59 Å². The van der Waals surface area contributed by atoms with Gasteiger partial charge in [-0.1, -0.05) is 44.9 Å². The van der Waals surface area contributed by atoms with Crippen molar-refractivity contribution in [3.05, 3.63) is 35.4 Å². The number of carbonyl (C=O) groups is 2. The van der Waals surface area contributed by atoms with E-state index in [2.05, 4.69) is 6.92 Å². The Balaban J connectivity index is 2.14. The summed E-state index contributed by atoms with van der Waals surface area (Å²) in [7, 11) is 0. The number of ether oxygens (including phenoxy) is 2. The molecule has 0 bridgehead atoms. The molecule has 2 rings (SSSR count). The minimum Gasteiger partial charge on any atom is -0.465 e. The Morgan fingerprint density at radius 1 is 1.24 bits per heavy atom. The van der Waals surface area contributed by atoms with Gasteiger partial charge in [-0.15, -0.1) is 0 Å². The van der Waals surface area contributed by atoms with Crippen molar-refractivity contribution in [3.63, 3.8) is 0 Å². The van der Waals surface area contributed by atoms with Crippen LogP contribution in [0.5, 0.6) is 0 Å². The minimum atomic E-state index is -0.690. The van der Waals surface area contributed by atoms with Crippen LogP contribution in [0.1, 0.15) is 68.8 Å². The molecule has 0 saturated heterocycles. The van der Waals surface area contributed by atoms with E-state index in [1.165, 1.54) is 0 Å². The average molecular weight is 346 g/mol. The fraction of sp³-hybridized carbons (Fsp3) is 0.619. The first kappa shape index (κ1) is 19.5. The Morgan fingerprint density at radius 2 is 1.92 bits per heavy atom. The molecule has 25 heavy (non-hydrogen) atoms. The summed E-state index contributed by atoms with van der Waals surface area (Å²) in [5, 5.41) is 0. The van der Waals surface area contributed by atoms with Gasteiger partial charge in [-0.25, -0.2) is 4.79 Å². The molecule has 1 aliphatic rings. The van der Waals surface area contributed by atoms with Gasteiger partial charge in [-0.3, -0.25) is 4.79 Å². The van der Waals surface area contributed by atoms with Crippen LogP contribution in [0.3, 0.4) is 0 Å². The third-order valence-electron chi connectivity index (χ3n) is 4.89. The number of hydrogen-bond donors (Lipinski definition) is 0. The maximum Gasteiger partial charge on any atom is 0.338 e. The van der Waals surface area contributed by atoms with Crippen LogP contribution in [0, 0.1) is 18.3 Å². The van der Waals surface area contributed by atoms with Gasteiger partial charge < -0.3 is 9.47 Å². The smallest absolute Gasteiger partial charge is 0.338 e. The van der Waals surface area contributed by atoms with E-state index in [4.69, 9.17) is 9.47 Å². The molecular formula is C21H30O4. The topological polar surface area (TPSA) is 52.6 Å². The molecule has 138 valence electrons. The number of hydrogen-bond acceptors (Lipinski definition) is 4. The highest BCUT2D eigenvalue weighted by atomic mass is 16.6. The molecule has 2 atom stereocenters. The maximum atomic E-state index is 12.8. The van der Waals surface area contributed by atoms with Crippen LogP contribution in [0.4, 0.5) is 0 Å². The second-order valence-electron chi connectivity index (χ2n) is 7.55. The molecule has 1 aliphatic carbocycles. The SMILES string of the molecule is CCCC1(C(=O)OCC(C)C)CCCC1OC(=O)c1ccc(C)cc1. The van der Waals surface area contributed by atoms with Crippen LogP contribution in [-0.2, 0) is 14.3 Å². The second kappa shape index (κ2) is 8.50. The van der Waals surface area contributed by atoms with Crippen LogP contribution < -0.4 is 0 Å². The van der Waals surface area contributed by atoms with Crippen molar-refractivity contribution in [1.82, 2.24) is 0 Å². The van der Waals surface area contributed by atoms with Gasteiger partial charge in [0.1, 0.15) is 11.5 Å². The van der Waals surface area contributed by atoms with Crippen LogP contribution in [0.15, 0.2) is 24.3 Å². The van der Waals surface area contributed by atoms with Crippen molar-refractivity contribution in [2.75, 3.05) is 6.61 Å². The number of benzene rings is 1. The van der Waals surface area contributed by atoms with Gasteiger partial charge in [0.15, 0.2) is 0 Å². The fourth-order valence-corrected chi connectivity index (χ4v) is 3.55. The lowest BCUT2D eigenvalue weighted by atomic mass is 9.79. The molecule has 0 amide bonds. The lowest BCUT2D eigenvalue weighted by Crippen LogP contribution is -2.42. The fourth-order valence-electron chi connectivity index (χ4n) is 3.55. The predicted octanol–water partition coefficient (Wildman–Crippen LogP) is 4.69. The molecule has 0 N–H and O–H groups in total. The normalized spacial score (nSPS) is 22.8. The number of esters is 2. The molecule has 4 heteroatoms. The largest absolute Gasteiger partial charge is 0.465 e. The zero-order chi connectivity index (χ0) is 18.4. The Morgan fingerprint density at radius 3 is 2.52 bits per heavy atom. The highest BCUT2D eigenvalue weighted by Crippen LogP contribution is 2.45. The predicted molar refractivity (Wildman–Crippen MR) is 97.4 cm³/mol. The first-order valence-electron chi connectivity index (χ1n) is 9.34. The monoisotopic (exact) mass is 346 g/mol. The van der Waals surface area contributed by atoms with E-state index < -0.39 is 11.5 Å². The van der Waals surface area contributed by atoms with Gasteiger partial charge in [-0.05, 0) is 50.7 Å². The van der Waals surface area contributed by atoms with Gasteiger partial charge in [0.2, 0.25) is 0 Å². The van der Waals surface area contributed by atoms with E-state index in [-0.39, 0.29) is 17.9 Å². The molecule has 0 aliphatic heterocycles. The molecule has 0 aromatic heterocycles. The van der Waals surface area contributed by atoms with Crippen molar-refractivity contribution in [1.29, 1.82) is 0 Å². The molecule has 4 nitrogen and oxygen atoms in total. The highest BCUT2D eigenvalue weighted by molar-refractivity contribution is 5.90. The van der Waals surface area contributed by atoms with E-state index in [1.807, 2.05) is 32.9 Å². The Labute approximate surface area is 150 Å². The van der Waals surface area contributed by atoms with Crippen LogP contribution in [-0.4, -0.2) is 24.6 Å². The van der Waals surface area contributed by atoms with E-state index in [1.54, 1.807) is 12.1 Å². The molecular weight excluding hydrogens is 316 g/mol. The molecule has 1 fully saturated rings. The first-order chi connectivity index (χ1) is 11.9. The third kappa shape index (κ3) is 4.62. The molecule has 0 radical (unpaired) electrons. The summed E-state index contributed by atoms with van der Waals surface area (Å²) in [5.41, 5.74) is 0.928. The van der Waals surface area contributed by atoms with Gasteiger partial charge in [-0.2, -0.15) is 0 Å². The van der Waals surface area contributed by atoms with Crippen molar-refractivity contribution < 1.29 is 19.1 Å². The zero-order valence-corrected chi connectivity index (χ0v) is 15.8. The van der Waals surface area contributed by atoms with Gasteiger partial charge in [0.25, 0.3) is 0 Å². The molecule has 1 saturated carbocycles. The Hall–Kier alpha value is -1.84. The van der Waals surface area contributed by atoms with Crippen molar-refractivity contribution in [2.24, 2.45) is 11.3 Å². The summed E-state index contributed by atoms with van der Waals surface area (Å²) in [6.45, 7) is 8.47. The summed E-state index contributed by atoms with van der Waals surface area (Å²) in [4.78, 5) is 25.3. The van der Waals surface area contributed by atoms with E-state index >= 15 is 0 Å². The summed E-state index contributed by atoms with van der Waals surface area (Å²) < 4.78 is 11.3. The van der Waals surface area contributed by atoms with Crippen molar-refractivity contribution in [3.8, 4) is 0 Å². The van der Waals surface area contributed by atoms with Gasteiger partial charge in [0, 0.05) is 0 Å². The van der Waals surface area contributed by atoms with Crippen molar-refractivity contribution >= 4 is 11.9 Å². The molecule has 1 aromatic carbocycles. The molecule has 0 spiro atoms. The highest BCUT2D eigenvalue weighted by Gasteiger charge is 2.51. The summed E-state index contributed by atoms with van der Waals surface area (Å²) >= 11 is 0. The standard InChI is InChI=1S/C21H30O4/c1-5-12-21(20(23)24-14-15(2)3)13-6-7-18(21)25-19(22)17-10-8-16(4)9-11-17/h8-11,15,18H,5-7,12-14H2,1-4H3. The van der Waals surface area contributed by atoms with Crippen LogP contribution in [0.2, 0.25) is 0 Å². The average Bonchev–Trinajstić information content (AvgIpc) is 2.97.